The molecule has 3 N–H and O–H groups in total. The van der Waals surface area contributed by atoms with E-state index in [1.54, 1.807) is 0 Å². The number of rotatable bonds is 2. The summed E-state index contributed by atoms with van der Waals surface area (Å²) in [6, 6.07) is 0. The molecule has 0 amide bonds. The van der Waals surface area contributed by atoms with Crippen molar-refractivity contribution in [2.75, 3.05) is 20.8 Å². The number of carbonyl (C=O) groups is 2. The van der Waals surface area contributed by atoms with Crippen LogP contribution in [-0.2, 0) is 19.0 Å². The minimum absolute atomic E-state index is 0.166. The van der Waals surface area contributed by atoms with Crippen molar-refractivity contribution < 1.29 is 28.6 Å². The summed E-state index contributed by atoms with van der Waals surface area (Å²) in [5.41, 5.74) is 7.47. The van der Waals surface area contributed by atoms with E-state index in [-0.39, 0.29) is 6.54 Å². The zero-order valence-corrected chi connectivity index (χ0v) is 8.68. The van der Waals surface area contributed by atoms with Gasteiger partial charge in [0.25, 0.3) is 0 Å². The molecule has 0 saturated carbocycles. The smallest absolute Gasteiger partial charge is 0.438 e. The number of hydrogen-bond acceptors (Lipinski definition) is 10. The second-order valence-corrected chi connectivity index (χ2v) is 2.52. The molecule has 1 aliphatic rings. The lowest BCUT2D eigenvalue weighted by molar-refractivity contribution is -0.236. The zero-order chi connectivity index (χ0) is 12.0. The van der Waals surface area contributed by atoms with Gasteiger partial charge in [0.2, 0.25) is 0 Å². The first-order valence-corrected chi connectivity index (χ1v) is 4.21. The van der Waals surface area contributed by atoms with Crippen molar-refractivity contribution >= 4 is 12.3 Å². The van der Waals surface area contributed by atoms with E-state index in [4.69, 9.17) is 4.74 Å². The first kappa shape index (κ1) is 12.4. The minimum atomic E-state index is -0.908. The Morgan fingerprint density at radius 2 is 1.94 bits per heavy atom. The van der Waals surface area contributed by atoms with Crippen LogP contribution in [0.1, 0.15) is 0 Å². The van der Waals surface area contributed by atoms with Crippen molar-refractivity contribution in [3.05, 3.63) is 0 Å². The Kier molecular flexibility index (Phi) is 4.72. The maximum atomic E-state index is 10.7. The van der Waals surface area contributed by atoms with E-state index in [1.807, 2.05) is 0 Å². The van der Waals surface area contributed by atoms with Crippen LogP contribution in [-0.4, -0.2) is 44.6 Å². The Hall–Kier alpha value is -1.62. The topological polar surface area (TPSA) is 110 Å². The lowest BCUT2D eigenvalue weighted by Crippen LogP contribution is -2.66. The third-order valence-electron chi connectivity index (χ3n) is 1.49. The molecule has 16 heavy (non-hydrogen) atoms. The molecule has 10 nitrogen and oxygen atoms in total. The van der Waals surface area contributed by atoms with Gasteiger partial charge in [0, 0.05) is 5.28 Å². The third kappa shape index (κ3) is 3.86. The number of hydrogen-bond donors (Lipinski definition) is 3. The van der Waals surface area contributed by atoms with Crippen LogP contribution in [0.3, 0.4) is 0 Å². The van der Waals surface area contributed by atoms with Gasteiger partial charge in [0.1, 0.15) is 0 Å². The summed E-state index contributed by atoms with van der Waals surface area (Å²) in [4.78, 5) is 25.9. The second kappa shape index (κ2) is 6.07. The van der Waals surface area contributed by atoms with E-state index in [9.17, 15) is 9.59 Å². The number of nitrogens with one attached hydrogen (secondary N) is 3. The fraction of sp³-hybridized carbons (Fsp3) is 0.667. The first-order valence-electron chi connectivity index (χ1n) is 4.21. The van der Waals surface area contributed by atoms with Crippen molar-refractivity contribution in [2.24, 2.45) is 0 Å². The molecule has 1 heterocycles. The van der Waals surface area contributed by atoms with Gasteiger partial charge >= 0.3 is 12.3 Å². The molecule has 1 atom stereocenters. The van der Waals surface area contributed by atoms with Gasteiger partial charge in [0.15, 0.2) is 6.23 Å². The molecule has 0 spiro atoms. The van der Waals surface area contributed by atoms with Crippen molar-refractivity contribution in [1.82, 2.24) is 21.7 Å². The maximum absolute atomic E-state index is 10.7. The molecular formula is C6H12N4O6. The molecule has 0 aliphatic carbocycles. The van der Waals surface area contributed by atoms with Crippen molar-refractivity contribution in [1.29, 1.82) is 0 Å². The molecule has 0 bridgehead atoms. The van der Waals surface area contributed by atoms with E-state index >= 15 is 0 Å². The number of ether oxygens (including phenoxy) is 3. The van der Waals surface area contributed by atoms with Crippen molar-refractivity contribution in [2.45, 2.75) is 6.23 Å². The maximum Gasteiger partial charge on any atom is 0.530 e. The molecule has 1 fully saturated rings. The molecule has 0 aromatic rings. The molecule has 92 valence electrons. The molecule has 1 unspecified atom stereocenters. The van der Waals surface area contributed by atoms with Crippen molar-refractivity contribution in [3.63, 3.8) is 0 Å². The molecule has 10 heteroatoms. The normalized spacial score (nSPS) is 21.0. The fourth-order valence-electron chi connectivity index (χ4n) is 0.789. The molecular weight excluding hydrogens is 224 g/mol. The molecule has 0 aromatic carbocycles. The Morgan fingerprint density at radius 1 is 1.25 bits per heavy atom. The first-order chi connectivity index (χ1) is 7.65. The summed E-state index contributed by atoms with van der Waals surface area (Å²) in [6.45, 7) is 0.166. The van der Waals surface area contributed by atoms with E-state index in [1.165, 1.54) is 14.2 Å². The second-order valence-electron chi connectivity index (χ2n) is 2.52. The van der Waals surface area contributed by atoms with Crippen LogP contribution in [0.4, 0.5) is 9.59 Å². The summed E-state index contributed by atoms with van der Waals surface area (Å²) in [5, 5.41) is 0.864. The van der Waals surface area contributed by atoms with Gasteiger partial charge in [-0.15, -0.1) is 5.53 Å². The number of hydrazine groups is 3. The van der Waals surface area contributed by atoms with Crippen LogP contribution >= 0.6 is 0 Å². The highest BCUT2D eigenvalue weighted by Gasteiger charge is 2.23. The summed E-state index contributed by atoms with van der Waals surface area (Å²) >= 11 is 0. The highest BCUT2D eigenvalue weighted by atomic mass is 16.9. The lowest BCUT2D eigenvalue weighted by atomic mass is 10.6. The van der Waals surface area contributed by atoms with Gasteiger partial charge < -0.3 is 19.0 Å². The molecule has 1 aliphatic heterocycles. The van der Waals surface area contributed by atoms with Gasteiger partial charge in [-0.2, -0.15) is 0 Å². The third-order valence-corrected chi connectivity index (χ3v) is 1.49. The van der Waals surface area contributed by atoms with Gasteiger partial charge in [-0.25, -0.2) is 20.4 Å². The van der Waals surface area contributed by atoms with Crippen LogP contribution in [0.25, 0.3) is 0 Å². The highest BCUT2D eigenvalue weighted by molar-refractivity contribution is 5.59. The van der Waals surface area contributed by atoms with Gasteiger partial charge in [-0.3, -0.25) is 0 Å². The average molecular weight is 236 g/mol. The van der Waals surface area contributed by atoms with Crippen molar-refractivity contribution in [3.8, 4) is 0 Å². The largest absolute Gasteiger partial charge is 0.530 e. The quantitative estimate of drug-likeness (QED) is 0.496. The van der Waals surface area contributed by atoms with E-state index in [2.05, 4.69) is 30.7 Å². The molecule has 1 saturated heterocycles. The van der Waals surface area contributed by atoms with Gasteiger partial charge in [-0.1, -0.05) is 0 Å². The van der Waals surface area contributed by atoms with Gasteiger partial charge in [-0.05, 0) is 0 Å². The predicted molar refractivity (Wildman–Crippen MR) is 46.9 cm³/mol. The minimum Gasteiger partial charge on any atom is -0.438 e. The Morgan fingerprint density at radius 3 is 2.44 bits per heavy atom. The van der Waals surface area contributed by atoms with E-state index in [0.29, 0.717) is 0 Å². The fourth-order valence-corrected chi connectivity index (χ4v) is 0.789. The molecule has 0 aromatic heterocycles. The van der Waals surface area contributed by atoms with Crippen LogP contribution in [0.5, 0.6) is 0 Å². The van der Waals surface area contributed by atoms with Gasteiger partial charge in [0.05, 0.1) is 20.8 Å². The highest BCUT2D eigenvalue weighted by Crippen LogP contribution is 1.95. The summed E-state index contributed by atoms with van der Waals surface area (Å²) in [5.74, 6) is 0. The van der Waals surface area contributed by atoms with Crippen LogP contribution in [0.15, 0.2) is 0 Å². The predicted octanol–water partition coefficient (Wildman–Crippen LogP) is -1.38. The monoisotopic (exact) mass is 236 g/mol. The Balaban J connectivity index is 2.23. The van der Waals surface area contributed by atoms with Crippen LogP contribution in [0.2, 0.25) is 0 Å². The summed E-state index contributed by atoms with van der Waals surface area (Å²) < 4.78 is 13.3. The standard InChI is InChI=1S/C6H12N4O6/c1-13-5(11)15-4-3-7-10(9-8-4)16-6(12)14-2/h4,7-9H,3H2,1-2H3. The van der Waals surface area contributed by atoms with Crippen LogP contribution < -0.4 is 16.4 Å². The molecule has 0 radical (unpaired) electrons. The lowest BCUT2D eigenvalue weighted by Gasteiger charge is -2.30. The number of methoxy groups -OCH3 is 2. The number of nitrogens with zero attached hydrogens (tertiary/aromatic N) is 1. The molecule has 1 rings (SSSR count). The Labute approximate surface area is 90.6 Å². The summed E-state index contributed by atoms with van der Waals surface area (Å²) in [6.07, 6.45) is -2.40. The van der Waals surface area contributed by atoms with Crippen LogP contribution in [0, 0.1) is 0 Å². The average Bonchev–Trinajstić information content (AvgIpc) is 2.31. The number of carbonyl (C=O) groups excluding carboxylic acids is 2. The Bertz CT molecular complexity index is 227. The van der Waals surface area contributed by atoms with E-state index in [0.717, 1.165) is 5.28 Å². The van der Waals surface area contributed by atoms with E-state index < -0.39 is 18.5 Å². The SMILES string of the molecule is COC(=O)OC1CNN(OC(=O)OC)NN1. The summed E-state index contributed by atoms with van der Waals surface area (Å²) in [7, 11) is 2.36. The zero-order valence-electron chi connectivity index (χ0n) is 8.68.